The van der Waals surface area contributed by atoms with E-state index in [1.807, 2.05) is 0 Å². The zero-order valence-electron chi connectivity index (χ0n) is 10.00. The van der Waals surface area contributed by atoms with Crippen LogP contribution in [0.2, 0.25) is 0 Å². The molecule has 2 heteroatoms. The minimum atomic E-state index is 0.467. The molecule has 2 aliphatic heterocycles. The van der Waals surface area contributed by atoms with E-state index in [2.05, 4.69) is 41.5 Å². The van der Waals surface area contributed by atoms with Crippen LogP contribution in [-0.4, -0.2) is 26.7 Å². The summed E-state index contributed by atoms with van der Waals surface area (Å²) in [6, 6.07) is 8.98. The first-order chi connectivity index (χ1) is 7.82. The molecule has 1 fully saturated rings. The molecule has 2 heterocycles. The van der Waals surface area contributed by atoms with Gasteiger partial charge in [0, 0.05) is 24.7 Å². The van der Waals surface area contributed by atoms with E-state index in [4.69, 9.17) is 0 Å². The molecule has 0 saturated carbocycles. The number of rotatable bonds is 0. The highest BCUT2D eigenvalue weighted by Gasteiger charge is 2.38. The Balaban J connectivity index is 2.06. The van der Waals surface area contributed by atoms with Gasteiger partial charge >= 0.3 is 0 Å². The van der Waals surface area contributed by atoms with Crippen molar-refractivity contribution in [2.75, 3.05) is 31.6 Å². The van der Waals surface area contributed by atoms with Crippen LogP contribution in [0.5, 0.6) is 0 Å². The van der Waals surface area contributed by atoms with Crippen LogP contribution < -0.4 is 10.2 Å². The van der Waals surface area contributed by atoms with Crippen molar-refractivity contribution < 1.29 is 0 Å². The molecule has 86 valence electrons. The summed E-state index contributed by atoms with van der Waals surface area (Å²) in [7, 11) is 2.22. The molecule has 16 heavy (non-hydrogen) atoms. The van der Waals surface area contributed by atoms with Crippen LogP contribution in [0.15, 0.2) is 24.3 Å². The smallest absolute Gasteiger partial charge is 0.0401 e. The van der Waals surface area contributed by atoms with Crippen molar-refractivity contribution in [1.82, 2.24) is 5.32 Å². The molecule has 3 rings (SSSR count). The second kappa shape index (κ2) is 3.77. The number of hydrogen-bond donors (Lipinski definition) is 1. The quantitative estimate of drug-likeness (QED) is 0.715. The molecule has 0 aliphatic carbocycles. The van der Waals surface area contributed by atoms with Gasteiger partial charge in [0.1, 0.15) is 0 Å². The molecule has 0 unspecified atom stereocenters. The van der Waals surface area contributed by atoms with E-state index in [-0.39, 0.29) is 0 Å². The summed E-state index contributed by atoms with van der Waals surface area (Å²) in [5.74, 6) is 0. The standard InChI is InChI=1S/C14H20N2/c1-16-11-8-14(6-9-15-10-7-14)12-4-2-3-5-13(12)16/h2-5,15H,6-11H2,1H3. The normalized spacial score (nSPS) is 23.2. The van der Waals surface area contributed by atoms with Crippen molar-refractivity contribution in [2.24, 2.45) is 0 Å². The first kappa shape index (κ1) is 10.2. The highest BCUT2D eigenvalue weighted by atomic mass is 15.1. The van der Waals surface area contributed by atoms with Gasteiger partial charge in [-0.25, -0.2) is 0 Å². The fourth-order valence-electron chi connectivity index (χ4n) is 3.32. The average molecular weight is 216 g/mol. The maximum atomic E-state index is 3.48. The number of anilines is 1. The Kier molecular flexibility index (Phi) is 2.40. The summed E-state index contributed by atoms with van der Waals surface area (Å²) < 4.78 is 0. The van der Waals surface area contributed by atoms with E-state index in [1.54, 1.807) is 5.56 Å². The lowest BCUT2D eigenvalue weighted by atomic mass is 9.68. The molecule has 1 spiro atoms. The summed E-state index contributed by atoms with van der Waals surface area (Å²) in [6.07, 6.45) is 3.93. The molecule has 1 aromatic carbocycles. The van der Waals surface area contributed by atoms with Crippen molar-refractivity contribution in [3.63, 3.8) is 0 Å². The highest BCUT2D eigenvalue weighted by molar-refractivity contribution is 5.58. The first-order valence-corrected chi connectivity index (χ1v) is 6.33. The first-order valence-electron chi connectivity index (χ1n) is 6.33. The predicted octanol–water partition coefficient (Wildman–Crippen LogP) is 2.15. The van der Waals surface area contributed by atoms with Gasteiger partial charge in [0.25, 0.3) is 0 Å². The summed E-state index contributed by atoms with van der Waals surface area (Å²) in [4.78, 5) is 2.41. The van der Waals surface area contributed by atoms with Gasteiger partial charge in [0.15, 0.2) is 0 Å². The van der Waals surface area contributed by atoms with Crippen molar-refractivity contribution in [2.45, 2.75) is 24.7 Å². The number of nitrogens with one attached hydrogen (secondary N) is 1. The Labute approximate surface area is 97.6 Å². The van der Waals surface area contributed by atoms with E-state index in [0.29, 0.717) is 5.41 Å². The molecule has 0 bridgehead atoms. The zero-order chi connectivity index (χ0) is 11.0. The van der Waals surface area contributed by atoms with E-state index in [0.717, 1.165) is 0 Å². The maximum Gasteiger partial charge on any atom is 0.0401 e. The SMILES string of the molecule is CN1CCC2(CCNCC2)c2ccccc21. The average Bonchev–Trinajstić information content (AvgIpc) is 2.36. The molecule has 0 radical (unpaired) electrons. The van der Waals surface area contributed by atoms with Gasteiger partial charge in [-0.2, -0.15) is 0 Å². The third-order valence-corrected chi connectivity index (χ3v) is 4.37. The third-order valence-electron chi connectivity index (χ3n) is 4.37. The van der Waals surface area contributed by atoms with Crippen LogP contribution in [0.1, 0.15) is 24.8 Å². The Bertz CT molecular complexity index is 380. The summed E-state index contributed by atoms with van der Waals surface area (Å²) in [6.45, 7) is 3.56. The summed E-state index contributed by atoms with van der Waals surface area (Å²) >= 11 is 0. The molecular formula is C14H20N2. The summed E-state index contributed by atoms with van der Waals surface area (Å²) in [5, 5.41) is 3.48. The van der Waals surface area contributed by atoms with Gasteiger partial charge in [-0.1, -0.05) is 18.2 Å². The molecule has 2 aliphatic rings. The van der Waals surface area contributed by atoms with Crippen molar-refractivity contribution >= 4 is 5.69 Å². The Morgan fingerprint density at radius 3 is 2.69 bits per heavy atom. The topological polar surface area (TPSA) is 15.3 Å². The monoisotopic (exact) mass is 216 g/mol. The number of fused-ring (bicyclic) bond motifs is 2. The van der Waals surface area contributed by atoms with Crippen LogP contribution in [-0.2, 0) is 5.41 Å². The molecule has 1 N–H and O–H groups in total. The lowest BCUT2D eigenvalue weighted by molar-refractivity contribution is 0.282. The van der Waals surface area contributed by atoms with Crippen LogP contribution in [0.3, 0.4) is 0 Å². The second-order valence-electron chi connectivity index (χ2n) is 5.22. The van der Waals surface area contributed by atoms with Gasteiger partial charge < -0.3 is 10.2 Å². The van der Waals surface area contributed by atoms with E-state index in [9.17, 15) is 0 Å². The van der Waals surface area contributed by atoms with Crippen LogP contribution in [0.4, 0.5) is 5.69 Å². The van der Waals surface area contributed by atoms with Crippen molar-refractivity contribution in [3.05, 3.63) is 29.8 Å². The lowest BCUT2D eigenvalue weighted by Gasteiger charge is -2.45. The van der Waals surface area contributed by atoms with Crippen LogP contribution in [0.25, 0.3) is 0 Å². The number of piperidine rings is 1. The molecule has 1 saturated heterocycles. The molecular weight excluding hydrogens is 196 g/mol. The number of benzene rings is 1. The Morgan fingerprint density at radius 1 is 1.12 bits per heavy atom. The molecule has 0 atom stereocenters. The van der Waals surface area contributed by atoms with Gasteiger partial charge in [-0.3, -0.25) is 0 Å². The van der Waals surface area contributed by atoms with E-state index >= 15 is 0 Å². The Hall–Kier alpha value is -1.02. The van der Waals surface area contributed by atoms with E-state index < -0.39 is 0 Å². The molecule has 2 nitrogen and oxygen atoms in total. The number of para-hydroxylation sites is 1. The third kappa shape index (κ3) is 1.44. The zero-order valence-corrected chi connectivity index (χ0v) is 10.00. The minimum Gasteiger partial charge on any atom is -0.374 e. The molecule has 0 aromatic heterocycles. The fourth-order valence-corrected chi connectivity index (χ4v) is 3.32. The van der Waals surface area contributed by atoms with Gasteiger partial charge in [0.2, 0.25) is 0 Å². The van der Waals surface area contributed by atoms with Gasteiger partial charge in [0.05, 0.1) is 0 Å². The lowest BCUT2D eigenvalue weighted by Crippen LogP contribution is -2.45. The Morgan fingerprint density at radius 2 is 1.88 bits per heavy atom. The van der Waals surface area contributed by atoms with Gasteiger partial charge in [-0.05, 0) is 44.0 Å². The van der Waals surface area contributed by atoms with E-state index in [1.165, 1.54) is 44.6 Å². The van der Waals surface area contributed by atoms with Crippen LogP contribution in [0, 0.1) is 0 Å². The second-order valence-corrected chi connectivity index (χ2v) is 5.22. The predicted molar refractivity (Wildman–Crippen MR) is 68.1 cm³/mol. The molecule has 1 aromatic rings. The number of hydrogen-bond acceptors (Lipinski definition) is 2. The fraction of sp³-hybridized carbons (Fsp3) is 0.571. The van der Waals surface area contributed by atoms with Crippen molar-refractivity contribution in [1.29, 1.82) is 0 Å². The number of nitrogens with zero attached hydrogens (tertiary/aromatic N) is 1. The maximum absolute atomic E-state index is 3.48. The molecule has 0 amide bonds. The van der Waals surface area contributed by atoms with Gasteiger partial charge in [-0.15, -0.1) is 0 Å². The largest absolute Gasteiger partial charge is 0.374 e. The minimum absolute atomic E-state index is 0.467. The van der Waals surface area contributed by atoms with Crippen molar-refractivity contribution in [3.8, 4) is 0 Å². The summed E-state index contributed by atoms with van der Waals surface area (Å²) in [5.41, 5.74) is 3.51. The van der Waals surface area contributed by atoms with Crippen LogP contribution >= 0.6 is 0 Å². The highest BCUT2D eigenvalue weighted by Crippen LogP contribution is 2.44.